The molecule has 0 spiro atoms. The van der Waals surface area contributed by atoms with E-state index in [9.17, 15) is 5.11 Å². The minimum absolute atomic E-state index is 0.274. The highest BCUT2D eigenvalue weighted by molar-refractivity contribution is 7.21. The Morgan fingerprint density at radius 2 is 2.23 bits per heavy atom. The topological polar surface area (TPSA) is 29.5 Å². The largest absolute Gasteiger partial charge is 0.499 e. The van der Waals surface area contributed by atoms with Gasteiger partial charge in [-0.1, -0.05) is 29.0 Å². The van der Waals surface area contributed by atoms with Gasteiger partial charge in [-0.25, -0.2) is 0 Å². The van der Waals surface area contributed by atoms with E-state index in [0.29, 0.717) is 10.8 Å². The zero-order valence-electron chi connectivity index (χ0n) is 6.87. The Kier molecular flexibility index (Phi) is 2.06. The molecule has 2 aromatic rings. The third kappa shape index (κ3) is 1.34. The van der Waals surface area contributed by atoms with Crippen LogP contribution >= 0.6 is 22.9 Å². The predicted octanol–water partition coefficient (Wildman–Crippen LogP) is 3.27. The van der Waals surface area contributed by atoms with Gasteiger partial charge in [0, 0.05) is 5.39 Å². The summed E-state index contributed by atoms with van der Waals surface area (Å²) in [5.41, 5.74) is 0. The number of rotatable bonds is 1. The van der Waals surface area contributed by atoms with Crippen LogP contribution in [0.5, 0.6) is 10.8 Å². The molecule has 13 heavy (non-hydrogen) atoms. The van der Waals surface area contributed by atoms with Gasteiger partial charge in [-0.15, -0.1) is 0 Å². The number of ether oxygens (including phenoxy) is 1. The monoisotopic (exact) mass is 214 g/mol. The SMILES string of the molecule is COc1c(Cl)ccc2cc(O)sc12. The smallest absolute Gasteiger partial charge is 0.172 e. The molecule has 0 aliphatic carbocycles. The van der Waals surface area contributed by atoms with E-state index < -0.39 is 0 Å². The number of methoxy groups -OCH3 is 1. The minimum Gasteiger partial charge on any atom is -0.499 e. The van der Waals surface area contributed by atoms with Gasteiger partial charge in [-0.3, -0.25) is 0 Å². The molecule has 4 heteroatoms. The van der Waals surface area contributed by atoms with E-state index in [1.165, 1.54) is 11.3 Å². The molecule has 2 nitrogen and oxygen atoms in total. The Morgan fingerprint density at radius 1 is 1.46 bits per heavy atom. The number of aromatic hydroxyl groups is 1. The van der Waals surface area contributed by atoms with Crippen LogP contribution in [0.2, 0.25) is 5.02 Å². The van der Waals surface area contributed by atoms with Crippen LogP contribution in [0.1, 0.15) is 0 Å². The van der Waals surface area contributed by atoms with E-state index in [2.05, 4.69) is 0 Å². The van der Waals surface area contributed by atoms with Crippen molar-refractivity contribution >= 4 is 33.0 Å². The third-order valence-corrected chi connectivity index (χ3v) is 3.03. The number of hydrogen-bond acceptors (Lipinski definition) is 3. The highest BCUT2D eigenvalue weighted by Gasteiger charge is 2.09. The molecule has 68 valence electrons. The maximum absolute atomic E-state index is 9.29. The van der Waals surface area contributed by atoms with Crippen LogP contribution in [-0.2, 0) is 0 Å². The van der Waals surface area contributed by atoms with E-state index in [1.54, 1.807) is 19.2 Å². The molecule has 0 amide bonds. The average Bonchev–Trinajstić information content (AvgIpc) is 2.45. The summed E-state index contributed by atoms with van der Waals surface area (Å²) in [5.74, 6) is 0.629. The Morgan fingerprint density at radius 3 is 2.92 bits per heavy atom. The number of fused-ring (bicyclic) bond motifs is 1. The molecule has 1 aromatic heterocycles. The lowest BCUT2D eigenvalue weighted by molar-refractivity contribution is 0.420. The van der Waals surface area contributed by atoms with E-state index in [0.717, 1.165) is 10.1 Å². The normalized spacial score (nSPS) is 10.6. The van der Waals surface area contributed by atoms with Crippen LogP contribution in [0.25, 0.3) is 10.1 Å². The van der Waals surface area contributed by atoms with Crippen molar-refractivity contribution in [3.05, 3.63) is 23.2 Å². The zero-order valence-corrected chi connectivity index (χ0v) is 8.45. The van der Waals surface area contributed by atoms with E-state index in [-0.39, 0.29) is 5.06 Å². The molecule has 0 saturated carbocycles. The predicted molar refractivity (Wildman–Crippen MR) is 55.1 cm³/mol. The Hall–Kier alpha value is -0.930. The van der Waals surface area contributed by atoms with Gasteiger partial charge in [0.1, 0.15) is 0 Å². The zero-order chi connectivity index (χ0) is 9.42. The van der Waals surface area contributed by atoms with Crippen LogP contribution < -0.4 is 4.74 Å². The van der Waals surface area contributed by atoms with Crippen LogP contribution in [0, 0.1) is 0 Å². The van der Waals surface area contributed by atoms with E-state index >= 15 is 0 Å². The van der Waals surface area contributed by atoms with Crippen molar-refractivity contribution < 1.29 is 9.84 Å². The fourth-order valence-electron chi connectivity index (χ4n) is 1.23. The van der Waals surface area contributed by atoms with E-state index in [4.69, 9.17) is 16.3 Å². The molecule has 1 heterocycles. The fourth-order valence-corrected chi connectivity index (χ4v) is 2.45. The van der Waals surface area contributed by atoms with Gasteiger partial charge in [0.2, 0.25) is 0 Å². The van der Waals surface area contributed by atoms with Gasteiger partial charge < -0.3 is 9.84 Å². The second-order valence-electron chi connectivity index (χ2n) is 2.58. The molecule has 1 aromatic carbocycles. The molecule has 0 aliphatic rings. The Bertz CT molecular complexity index is 450. The second-order valence-corrected chi connectivity index (χ2v) is 4.02. The lowest BCUT2D eigenvalue weighted by Crippen LogP contribution is -1.83. The standard InChI is InChI=1S/C9H7ClO2S/c1-12-8-6(10)3-2-5-4-7(11)13-9(5)8/h2-4,11H,1H3. The molecular weight excluding hydrogens is 208 g/mol. The fraction of sp³-hybridized carbons (Fsp3) is 0.111. The molecule has 0 radical (unpaired) electrons. The molecule has 0 aliphatic heterocycles. The summed E-state index contributed by atoms with van der Waals surface area (Å²) in [6.07, 6.45) is 0. The van der Waals surface area contributed by atoms with Crippen LogP contribution in [0.3, 0.4) is 0 Å². The van der Waals surface area contributed by atoms with Crippen molar-refractivity contribution in [3.63, 3.8) is 0 Å². The minimum atomic E-state index is 0.274. The average molecular weight is 215 g/mol. The Labute approximate surface area is 84.3 Å². The quantitative estimate of drug-likeness (QED) is 0.790. The maximum atomic E-state index is 9.29. The van der Waals surface area contributed by atoms with Gasteiger partial charge in [0.25, 0.3) is 0 Å². The molecule has 0 atom stereocenters. The maximum Gasteiger partial charge on any atom is 0.172 e. The lowest BCUT2D eigenvalue weighted by Gasteiger charge is -2.02. The first-order chi connectivity index (χ1) is 6.22. The van der Waals surface area contributed by atoms with Gasteiger partial charge in [-0.05, 0) is 12.1 Å². The van der Waals surface area contributed by atoms with Crippen molar-refractivity contribution in [2.45, 2.75) is 0 Å². The Balaban J connectivity index is 2.82. The highest BCUT2D eigenvalue weighted by atomic mass is 35.5. The first-order valence-corrected chi connectivity index (χ1v) is 4.87. The molecule has 0 fully saturated rings. The van der Waals surface area contributed by atoms with Gasteiger partial charge >= 0.3 is 0 Å². The summed E-state index contributed by atoms with van der Waals surface area (Å²) in [7, 11) is 1.57. The van der Waals surface area contributed by atoms with Crippen molar-refractivity contribution in [2.24, 2.45) is 0 Å². The number of hydrogen-bond donors (Lipinski definition) is 1. The van der Waals surface area contributed by atoms with E-state index in [1.807, 2.05) is 6.07 Å². The molecule has 0 saturated heterocycles. The highest BCUT2D eigenvalue weighted by Crippen LogP contribution is 2.40. The van der Waals surface area contributed by atoms with Crippen molar-refractivity contribution in [1.29, 1.82) is 0 Å². The second kappa shape index (κ2) is 3.09. The van der Waals surface area contributed by atoms with Crippen molar-refractivity contribution in [2.75, 3.05) is 7.11 Å². The molecule has 1 N–H and O–H groups in total. The first kappa shape index (κ1) is 8.66. The van der Waals surface area contributed by atoms with Crippen LogP contribution in [0.4, 0.5) is 0 Å². The molecular formula is C9H7ClO2S. The van der Waals surface area contributed by atoms with Gasteiger partial charge in [0.05, 0.1) is 16.8 Å². The summed E-state index contributed by atoms with van der Waals surface area (Å²) < 4.78 is 6.02. The summed E-state index contributed by atoms with van der Waals surface area (Å²) in [4.78, 5) is 0. The molecule has 0 bridgehead atoms. The number of benzene rings is 1. The number of thiophene rings is 1. The van der Waals surface area contributed by atoms with Crippen molar-refractivity contribution in [3.8, 4) is 10.8 Å². The summed E-state index contributed by atoms with van der Waals surface area (Å²) in [5, 5.41) is 11.1. The van der Waals surface area contributed by atoms with Crippen molar-refractivity contribution in [1.82, 2.24) is 0 Å². The lowest BCUT2D eigenvalue weighted by atomic mass is 10.2. The van der Waals surface area contributed by atoms with Gasteiger partial charge in [-0.2, -0.15) is 0 Å². The number of halogens is 1. The summed E-state index contributed by atoms with van der Waals surface area (Å²) in [6, 6.07) is 5.31. The summed E-state index contributed by atoms with van der Waals surface area (Å²) in [6.45, 7) is 0. The van der Waals surface area contributed by atoms with Gasteiger partial charge in [0.15, 0.2) is 10.8 Å². The van der Waals surface area contributed by atoms with Crippen LogP contribution in [-0.4, -0.2) is 12.2 Å². The third-order valence-electron chi connectivity index (χ3n) is 1.78. The summed E-state index contributed by atoms with van der Waals surface area (Å²) >= 11 is 7.18. The first-order valence-electron chi connectivity index (χ1n) is 3.67. The molecule has 2 rings (SSSR count). The van der Waals surface area contributed by atoms with Crippen LogP contribution in [0.15, 0.2) is 18.2 Å². The molecule has 0 unspecified atom stereocenters.